The van der Waals surface area contributed by atoms with Crippen molar-refractivity contribution >= 4 is 17.0 Å². The molecule has 0 aliphatic heterocycles. The van der Waals surface area contributed by atoms with E-state index in [0.29, 0.717) is 5.92 Å². The molecule has 1 heterocycles. The van der Waals surface area contributed by atoms with Gasteiger partial charge in [0.25, 0.3) is 0 Å². The number of thiazole rings is 1. The van der Waals surface area contributed by atoms with Crippen LogP contribution in [0.15, 0.2) is 35.8 Å². The lowest BCUT2D eigenvalue weighted by Gasteiger charge is -2.09. The molecule has 2 rings (SSSR count). The maximum atomic E-state index is 4.31. The van der Waals surface area contributed by atoms with Gasteiger partial charge >= 0.3 is 0 Å². The van der Waals surface area contributed by atoms with Crippen molar-refractivity contribution in [3.63, 3.8) is 0 Å². The molecular weight excluding hydrogens is 216 g/mol. The minimum atomic E-state index is 0.656. The largest absolute Gasteiger partial charge is 0.385 e. The maximum absolute atomic E-state index is 4.31. The molecule has 0 aliphatic carbocycles. The van der Waals surface area contributed by atoms with Gasteiger partial charge in [0, 0.05) is 29.4 Å². The third-order valence-electron chi connectivity index (χ3n) is 2.26. The van der Waals surface area contributed by atoms with Crippen molar-refractivity contribution in [1.82, 2.24) is 4.98 Å². The standard InChI is InChI=1S/C13H16N2S/c1-10(2)9-15-12-5-3-4-11(8-12)13-14-6-7-16-13/h3-8,10,15H,9H2,1-2H3. The predicted molar refractivity (Wildman–Crippen MR) is 70.9 cm³/mol. The van der Waals surface area contributed by atoms with Gasteiger partial charge in [-0.15, -0.1) is 11.3 Å². The van der Waals surface area contributed by atoms with Crippen LogP contribution in [0.1, 0.15) is 13.8 Å². The van der Waals surface area contributed by atoms with Crippen molar-refractivity contribution < 1.29 is 0 Å². The smallest absolute Gasteiger partial charge is 0.123 e. The molecule has 0 fully saturated rings. The van der Waals surface area contributed by atoms with Crippen molar-refractivity contribution in [2.75, 3.05) is 11.9 Å². The van der Waals surface area contributed by atoms with E-state index in [-0.39, 0.29) is 0 Å². The molecule has 0 saturated heterocycles. The van der Waals surface area contributed by atoms with Crippen LogP contribution < -0.4 is 5.32 Å². The van der Waals surface area contributed by atoms with E-state index < -0.39 is 0 Å². The first kappa shape index (κ1) is 11.1. The Kier molecular flexibility index (Phi) is 3.57. The minimum Gasteiger partial charge on any atom is -0.385 e. The maximum Gasteiger partial charge on any atom is 0.123 e. The zero-order valence-electron chi connectivity index (χ0n) is 9.60. The molecule has 16 heavy (non-hydrogen) atoms. The number of nitrogens with one attached hydrogen (secondary N) is 1. The van der Waals surface area contributed by atoms with E-state index in [1.54, 1.807) is 11.3 Å². The highest BCUT2D eigenvalue weighted by Gasteiger charge is 2.01. The lowest BCUT2D eigenvalue weighted by Crippen LogP contribution is -2.07. The van der Waals surface area contributed by atoms with Gasteiger partial charge < -0.3 is 5.32 Å². The van der Waals surface area contributed by atoms with Gasteiger partial charge in [-0.05, 0) is 18.1 Å². The highest BCUT2D eigenvalue weighted by Crippen LogP contribution is 2.24. The quantitative estimate of drug-likeness (QED) is 0.865. The second-order valence-corrected chi connectivity index (χ2v) is 5.09. The average molecular weight is 232 g/mol. The summed E-state index contributed by atoms with van der Waals surface area (Å²) in [5.41, 5.74) is 2.35. The van der Waals surface area contributed by atoms with Gasteiger partial charge in [0.15, 0.2) is 0 Å². The van der Waals surface area contributed by atoms with Crippen LogP contribution in [0.2, 0.25) is 0 Å². The summed E-state index contributed by atoms with van der Waals surface area (Å²) in [6, 6.07) is 8.42. The zero-order chi connectivity index (χ0) is 11.4. The number of anilines is 1. The number of nitrogens with zero attached hydrogens (tertiary/aromatic N) is 1. The number of rotatable bonds is 4. The van der Waals surface area contributed by atoms with Crippen LogP contribution in [-0.2, 0) is 0 Å². The van der Waals surface area contributed by atoms with Gasteiger partial charge in [-0.25, -0.2) is 4.98 Å². The Morgan fingerprint density at radius 3 is 2.94 bits per heavy atom. The number of benzene rings is 1. The molecule has 0 atom stereocenters. The molecule has 2 nitrogen and oxygen atoms in total. The molecule has 0 saturated carbocycles. The number of aromatic nitrogens is 1. The second kappa shape index (κ2) is 5.12. The van der Waals surface area contributed by atoms with Crippen molar-refractivity contribution in [3.8, 4) is 10.6 Å². The van der Waals surface area contributed by atoms with Gasteiger partial charge in [-0.2, -0.15) is 0 Å². The SMILES string of the molecule is CC(C)CNc1cccc(-c2nccs2)c1. The Morgan fingerprint density at radius 2 is 2.25 bits per heavy atom. The molecule has 1 aromatic carbocycles. The Bertz CT molecular complexity index is 435. The van der Waals surface area contributed by atoms with Crippen LogP contribution in [-0.4, -0.2) is 11.5 Å². The molecule has 84 valence electrons. The normalized spacial score (nSPS) is 10.7. The molecular formula is C13H16N2S. The summed E-state index contributed by atoms with van der Waals surface area (Å²) in [6.45, 7) is 5.41. The van der Waals surface area contributed by atoms with E-state index in [9.17, 15) is 0 Å². The van der Waals surface area contributed by atoms with Crippen molar-refractivity contribution in [2.24, 2.45) is 5.92 Å². The van der Waals surface area contributed by atoms with Crippen LogP contribution in [0.25, 0.3) is 10.6 Å². The van der Waals surface area contributed by atoms with E-state index in [4.69, 9.17) is 0 Å². The number of hydrogen-bond acceptors (Lipinski definition) is 3. The molecule has 0 unspecified atom stereocenters. The summed E-state index contributed by atoms with van der Waals surface area (Å²) in [4.78, 5) is 4.31. The second-order valence-electron chi connectivity index (χ2n) is 4.19. The number of hydrogen-bond donors (Lipinski definition) is 1. The summed E-state index contributed by atoms with van der Waals surface area (Å²) >= 11 is 1.67. The van der Waals surface area contributed by atoms with Crippen LogP contribution in [0, 0.1) is 5.92 Å². The highest BCUT2D eigenvalue weighted by atomic mass is 32.1. The van der Waals surface area contributed by atoms with E-state index >= 15 is 0 Å². The van der Waals surface area contributed by atoms with Crippen LogP contribution >= 0.6 is 11.3 Å². The van der Waals surface area contributed by atoms with E-state index in [0.717, 1.165) is 11.6 Å². The van der Waals surface area contributed by atoms with Gasteiger partial charge in [0.05, 0.1) is 0 Å². The van der Waals surface area contributed by atoms with Gasteiger partial charge in [-0.3, -0.25) is 0 Å². The molecule has 2 aromatic rings. The fraction of sp³-hybridized carbons (Fsp3) is 0.308. The first-order chi connectivity index (χ1) is 7.75. The zero-order valence-corrected chi connectivity index (χ0v) is 10.4. The highest BCUT2D eigenvalue weighted by molar-refractivity contribution is 7.13. The molecule has 0 spiro atoms. The Hall–Kier alpha value is -1.35. The van der Waals surface area contributed by atoms with E-state index in [2.05, 4.69) is 48.4 Å². The Balaban J connectivity index is 2.14. The van der Waals surface area contributed by atoms with Crippen molar-refractivity contribution in [3.05, 3.63) is 35.8 Å². The molecule has 1 N–H and O–H groups in total. The Morgan fingerprint density at radius 1 is 1.38 bits per heavy atom. The molecule has 0 bridgehead atoms. The molecule has 3 heteroatoms. The van der Waals surface area contributed by atoms with E-state index in [1.807, 2.05) is 11.6 Å². The van der Waals surface area contributed by atoms with Gasteiger partial charge in [0.1, 0.15) is 5.01 Å². The van der Waals surface area contributed by atoms with Crippen LogP contribution in [0.4, 0.5) is 5.69 Å². The molecule has 0 radical (unpaired) electrons. The Labute approximate surface area is 100 Å². The topological polar surface area (TPSA) is 24.9 Å². The van der Waals surface area contributed by atoms with Crippen molar-refractivity contribution in [1.29, 1.82) is 0 Å². The fourth-order valence-electron chi connectivity index (χ4n) is 1.45. The predicted octanol–water partition coefficient (Wildman–Crippen LogP) is 3.88. The summed E-state index contributed by atoms with van der Waals surface area (Å²) in [5.74, 6) is 0.656. The molecule has 1 aromatic heterocycles. The van der Waals surface area contributed by atoms with Crippen LogP contribution in [0.5, 0.6) is 0 Å². The summed E-state index contributed by atoms with van der Waals surface area (Å²) in [5, 5.41) is 6.50. The minimum absolute atomic E-state index is 0.656. The van der Waals surface area contributed by atoms with Gasteiger partial charge in [0.2, 0.25) is 0 Å². The van der Waals surface area contributed by atoms with Gasteiger partial charge in [-0.1, -0.05) is 26.0 Å². The lowest BCUT2D eigenvalue weighted by molar-refractivity contribution is 0.689. The third kappa shape index (κ3) is 2.83. The van der Waals surface area contributed by atoms with E-state index in [1.165, 1.54) is 11.3 Å². The monoisotopic (exact) mass is 232 g/mol. The summed E-state index contributed by atoms with van der Waals surface area (Å²) < 4.78 is 0. The summed E-state index contributed by atoms with van der Waals surface area (Å²) in [6.07, 6.45) is 1.84. The first-order valence-corrected chi connectivity index (χ1v) is 6.37. The first-order valence-electron chi connectivity index (χ1n) is 5.49. The third-order valence-corrected chi connectivity index (χ3v) is 3.08. The van der Waals surface area contributed by atoms with Crippen molar-refractivity contribution in [2.45, 2.75) is 13.8 Å². The lowest BCUT2D eigenvalue weighted by atomic mass is 10.2. The molecule has 0 amide bonds. The summed E-state index contributed by atoms with van der Waals surface area (Å²) in [7, 11) is 0. The molecule has 0 aliphatic rings. The fourth-order valence-corrected chi connectivity index (χ4v) is 2.09. The van der Waals surface area contributed by atoms with Crippen LogP contribution in [0.3, 0.4) is 0 Å². The average Bonchev–Trinajstić information content (AvgIpc) is 2.80.